The minimum Gasteiger partial charge on any atom is -0.388 e. The summed E-state index contributed by atoms with van der Waals surface area (Å²) in [5.74, 6) is 0.801. The highest BCUT2D eigenvalue weighted by Gasteiger charge is 1.98. The summed E-state index contributed by atoms with van der Waals surface area (Å²) in [7, 11) is 0. The van der Waals surface area contributed by atoms with Gasteiger partial charge < -0.3 is 17.2 Å². The Morgan fingerprint density at radius 1 is 1.21 bits per heavy atom. The fourth-order valence-electron chi connectivity index (χ4n) is 1.17. The molecule has 0 radical (unpaired) electrons. The van der Waals surface area contributed by atoms with Crippen LogP contribution >= 0.6 is 0 Å². The molecule has 0 aliphatic rings. The van der Waals surface area contributed by atoms with Crippen LogP contribution in [0.1, 0.15) is 33.1 Å². The van der Waals surface area contributed by atoms with E-state index in [1.165, 1.54) is 0 Å². The number of amidine groups is 1. The predicted molar refractivity (Wildman–Crippen MR) is 61.3 cm³/mol. The second kappa shape index (κ2) is 7.17. The third-order valence-corrected chi connectivity index (χ3v) is 1.75. The van der Waals surface area contributed by atoms with Gasteiger partial charge in [0.2, 0.25) is 0 Å². The summed E-state index contributed by atoms with van der Waals surface area (Å²) >= 11 is 0. The predicted octanol–water partition coefficient (Wildman–Crippen LogP) is 0.196. The molecule has 0 bridgehead atoms. The zero-order valence-electron chi connectivity index (χ0n) is 9.03. The maximum absolute atomic E-state index is 5.46. The molecule has 0 aromatic carbocycles. The molecule has 0 spiro atoms. The zero-order chi connectivity index (χ0) is 11.0. The van der Waals surface area contributed by atoms with E-state index in [-0.39, 0.29) is 5.96 Å². The van der Waals surface area contributed by atoms with E-state index in [0.717, 1.165) is 19.3 Å². The standard InChI is InChI=1S/C9H21N5/c1-7(14-8(2)10)5-3-4-6-13-9(11)12/h7H,3-6H2,1-2H3,(H2,10,14)(H4,11,12,13). The van der Waals surface area contributed by atoms with E-state index in [4.69, 9.17) is 17.2 Å². The Hall–Kier alpha value is -1.26. The lowest BCUT2D eigenvalue weighted by Crippen LogP contribution is -2.22. The zero-order valence-corrected chi connectivity index (χ0v) is 9.03. The number of nitrogens with two attached hydrogens (primary N) is 3. The third kappa shape index (κ3) is 8.83. The molecule has 0 amide bonds. The summed E-state index contributed by atoms with van der Waals surface area (Å²) in [5.41, 5.74) is 15.8. The smallest absolute Gasteiger partial charge is 0.185 e. The summed E-state index contributed by atoms with van der Waals surface area (Å²) in [5, 5.41) is 0. The molecule has 5 heteroatoms. The molecular weight excluding hydrogens is 178 g/mol. The van der Waals surface area contributed by atoms with Gasteiger partial charge in [0.25, 0.3) is 0 Å². The molecule has 0 saturated heterocycles. The van der Waals surface area contributed by atoms with Gasteiger partial charge in [-0.15, -0.1) is 0 Å². The molecule has 1 unspecified atom stereocenters. The van der Waals surface area contributed by atoms with Gasteiger partial charge in [-0.3, -0.25) is 9.98 Å². The van der Waals surface area contributed by atoms with E-state index in [0.29, 0.717) is 18.4 Å². The lowest BCUT2D eigenvalue weighted by atomic mass is 10.1. The molecule has 82 valence electrons. The van der Waals surface area contributed by atoms with Crippen molar-refractivity contribution >= 4 is 11.8 Å². The largest absolute Gasteiger partial charge is 0.388 e. The molecule has 0 aromatic heterocycles. The van der Waals surface area contributed by atoms with Crippen LogP contribution in [0, 0.1) is 0 Å². The van der Waals surface area contributed by atoms with Gasteiger partial charge in [0.15, 0.2) is 5.96 Å². The molecule has 0 fully saturated rings. The molecule has 0 aromatic rings. The Kier molecular flexibility index (Phi) is 6.53. The van der Waals surface area contributed by atoms with Crippen molar-refractivity contribution in [1.82, 2.24) is 0 Å². The summed E-state index contributed by atoms with van der Waals surface area (Å²) in [6.07, 6.45) is 3.07. The average Bonchev–Trinajstić information content (AvgIpc) is 2.01. The van der Waals surface area contributed by atoms with Crippen molar-refractivity contribution in [2.24, 2.45) is 27.2 Å². The van der Waals surface area contributed by atoms with E-state index in [1.54, 1.807) is 6.92 Å². The van der Waals surface area contributed by atoms with Crippen LogP contribution in [0.2, 0.25) is 0 Å². The Bertz CT molecular complexity index is 201. The van der Waals surface area contributed by atoms with Crippen molar-refractivity contribution in [1.29, 1.82) is 0 Å². The molecule has 0 aliphatic heterocycles. The Morgan fingerprint density at radius 3 is 2.36 bits per heavy atom. The molecule has 6 N–H and O–H groups in total. The minimum atomic E-state index is 0.161. The van der Waals surface area contributed by atoms with E-state index < -0.39 is 0 Å². The van der Waals surface area contributed by atoms with Gasteiger partial charge in [-0.1, -0.05) is 0 Å². The lowest BCUT2D eigenvalue weighted by Gasteiger charge is -2.05. The first kappa shape index (κ1) is 12.7. The fraction of sp³-hybridized carbons (Fsp3) is 0.778. The summed E-state index contributed by atoms with van der Waals surface area (Å²) in [6.45, 7) is 4.55. The van der Waals surface area contributed by atoms with Crippen molar-refractivity contribution < 1.29 is 0 Å². The van der Waals surface area contributed by atoms with E-state index in [1.807, 2.05) is 0 Å². The monoisotopic (exact) mass is 199 g/mol. The molecule has 1 atom stereocenters. The van der Waals surface area contributed by atoms with Crippen LogP contribution < -0.4 is 17.2 Å². The van der Waals surface area contributed by atoms with Gasteiger partial charge in [0, 0.05) is 12.6 Å². The van der Waals surface area contributed by atoms with Crippen LogP contribution in [0.15, 0.2) is 9.98 Å². The van der Waals surface area contributed by atoms with E-state index in [2.05, 4.69) is 16.9 Å². The van der Waals surface area contributed by atoms with Crippen LogP contribution in [0.5, 0.6) is 0 Å². The van der Waals surface area contributed by atoms with Crippen molar-refractivity contribution in [2.45, 2.75) is 39.2 Å². The molecular formula is C9H21N5. The van der Waals surface area contributed by atoms with Gasteiger partial charge in [-0.25, -0.2) is 0 Å². The molecule has 14 heavy (non-hydrogen) atoms. The highest BCUT2D eigenvalue weighted by Crippen LogP contribution is 2.03. The Labute approximate surface area is 85.5 Å². The van der Waals surface area contributed by atoms with Crippen LogP contribution in [0.4, 0.5) is 0 Å². The number of aliphatic imine (C=N–C) groups is 2. The molecule has 0 heterocycles. The number of guanidine groups is 1. The Morgan fingerprint density at radius 2 is 1.86 bits per heavy atom. The minimum absolute atomic E-state index is 0.161. The molecule has 0 saturated carbocycles. The van der Waals surface area contributed by atoms with E-state index >= 15 is 0 Å². The second-order valence-electron chi connectivity index (χ2n) is 3.42. The highest BCUT2D eigenvalue weighted by atomic mass is 15.0. The molecule has 5 nitrogen and oxygen atoms in total. The first-order valence-corrected chi connectivity index (χ1v) is 4.87. The van der Waals surface area contributed by atoms with Crippen LogP contribution in [0.3, 0.4) is 0 Å². The van der Waals surface area contributed by atoms with Gasteiger partial charge in [0.05, 0.1) is 5.84 Å². The maximum Gasteiger partial charge on any atom is 0.185 e. The van der Waals surface area contributed by atoms with Crippen molar-refractivity contribution in [3.05, 3.63) is 0 Å². The highest BCUT2D eigenvalue weighted by molar-refractivity contribution is 5.77. The maximum atomic E-state index is 5.46. The van der Waals surface area contributed by atoms with Gasteiger partial charge in [0.1, 0.15) is 0 Å². The van der Waals surface area contributed by atoms with Crippen molar-refractivity contribution in [2.75, 3.05) is 6.54 Å². The van der Waals surface area contributed by atoms with Crippen molar-refractivity contribution in [3.8, 4) is 0 Å². The number of hydrogen-bond donors (Lipinski definition) is 3. The van der Waals surface area contributed by atoms with Crippen LogP contribution in [0.25, 0.3) is 0 Å². The van der Waals surface area contributed by atoms with Crippen LogP contribution in [-0.4, -0.2) is 24.4 Å². The molecule has 0 aliphatic carbocycles. The van der Waals surface area contributed by atoms with Crippen molar-refractivity contribution in [3.63, 3.8) is 0 Å². The summed E-state index contributed by atoms with van der Waals surface area (Å²) in [6, 6.07) is 0.291. The first-order chi connectivity index (χ1) is 6.52. The van der Waals surface area contributed by atoms with Gasteiger partial charge in [-0.2, -0.15) is 0 Å². The van der Waals surface area contributed by atoms with E-state index in [9.17, 15) is 0 Å². The topological polar surface area (TPSA) is 103 Å². The molecule has 0 rings (SSSR count). The van der Waals surface area contributed by atoms with Crippen LogP contribution in [-0.2, 0) is 0 Å². The summed E-state index contributed by atoms with van der Waals surface area (Å²) in [4.78, 5) is 8.11. The summed E-state index contributed by atoms with van der Waals surface area (Å²) < 4.78 is 0. The number of unbranched alkanes of at least 4 members (excludes halogenated alkanes) is 1. The normalized spacial score (nSPS) is 13.7. The van der Waals surface area contributed by atoms with Gasteiger partial charge in [-0.05, 0) is 33.1 Å². The number of rotatable bonds is 6. The number of hydrogen-bond acceptors (Lipinski definition) is 2. The number of nitrogens with zero attached hydrogens (tertiary/aromatic N) is 2. The first-order valence-electron chi connectivity index (χ1n) is 4.87. The average molecular weight is 199 g/mol. The lowest BCUT2D eigenvalue weighted by molar-refractivity contribution is 0.603. The SMILES string of the molecule is CC(N)=NC(C)CCCCN=C(N)N. The quantitative estimate of drug-likeness (QED) is 0.323. The second-order valence-corrected chi connectivity index (χ2v) is 3.42. The third-order valence-electron chi connectivity index (χ3n) is 1.75. The fourth-order valence-corrected chi connectivity index (χ4v) is 1.17. The van der Waals surface area contributed by atoms with Gasteiger partial charge >= 0.3 is 0 Å². The Balaban J connectivity index is 3.46.